The Kier molecular flexibility index (Phi) is 3.77. The number of hydrogen-bond acceptors (Lipinski definition) is 5. The standard InChI is InChI=1S/C13H10N4O3/c1-20-13(19)11-10(7-15-17-11)16-12(18)9-4-2-3-8(5-9)6-14/h2-5,7H,1H3,(H,15,17)(H,16,18). The van der Waals surface area contributed by atoms with E-state index in [1.807, 2.05) is 6.07 Å². The number of hydrogen-bond donors (Lipinski definition) is 2. The molecular formula is C13H10N4O3. The van der Waals surface area contributed by atoms with Crippen LogP contribution in [0.1, 0.15) is 26.4 Å². The summed E-state index contributed by atoms with van der Waals surface area (Å²) in [6, 6.07) is 8.16. The number of H-pyrrole nitrogens is 1. The first-order chi connectivity index (χ1) is 9.65. The molecule has 1 heterocycles. The van der Waals surface area contributed by atoms with Crippen LogP contribution < -0.4 is 5.32 Å². The van der Waals surface area contributed by atoms with E-state index in [0.29, 0.717) is 11.1 Å². The van der Waals surface area contributed by atoms with E-state index in [-0.39, 0.29) is 11.4 Å². The predicted octanol–water partition coefficient (Wildman–Crippen LogP) is 1.32. The normalized spacial score (nSPS) is 9.60. The lowest BCUT2D eigenvalue weighted by Gasteiger charge is -2.05. The lowest BCUT2D eigenvalue weighted by atomic mass is 10.1. The van der Waals surface area contributed by atoms with Crippen LogP contribution in [0.3, 0.4) is 0 Å². The highest BCUT2D eigenvalue weighted by atomic mass is 16.5. The van der Waals surface area contributed by atoms with Gasteiger partial charge >= 0.3 is 5.97 Å². The van der Waals surface area contributed by atoms with Crippen molar-refractivity contribution in [2.75, 3.05) is 12.4 Å². The number of anilines is 1. The van der Waals surface area contributed by atoms with Gasteiger partial charge in [0.2, 0.25) is 0 Å². The molecule has 0 bridgehead atoms. The highest BCUT2D eigenvalue weighted by molar-refractivity contribution is 6.07. The number of aromatic amines is 1. The Morgan fingerprint density at radius 3 is 2.95 bits per heavy atom. The van der Waals surface area contributed by atoms with E-state index in [1.54, 1.807) is 18.2 Å². The molecule has 2 N–H and O–H groups in total. The van der Waals surface area contributed by atoms with Crippen molar-refractivity contribution < 1.29 is 14.3 Å². The Morgan fingerprint density at radius 1 is 1.45 bits per heavy atom. The molecule has 1 aromatic heterocycles. The Bertz CT molecular complexity index is 700. The summed E-state index contributed by atoms with van der Waals surface area (Å²) in [5.41, 5.74) is 0.945. The molecule has 2 rings (SSSR count). The molecule has 20 heavy (non-hydrogen) atoms. The number of methoxy groups -OCH3 is 1. The minimum Gasteiger partial charge on any atom is -0.464 e. The van der Waals surface area contributed by atoms with Gasteiger partial charge in [0.15, 0.2) is 5.69 Å². The second-order valence-corrected chi connectivity index (χ2v) is 3.80. The largest absolute Gasteiger partial charge is 0.464 e. The van der Waals surface area contributed by atoms with Crippen LogP contribution in [0, 0.1) is 11.3 Å². The van der Waals surface area contributed by atoms with Crippen LogP contribution in [0.5, 0.6) is 0 Å². The molecule has 2 aromatic rings. The van der Waals surface area contributed by atoms with Gasteiger partial charge in [0.1, 0.15) is 0 Å². The number of aromatic nitrogens is 2. The molecule has 0 unspecified atom stereocenters. The summed E-state index contributed by atoms with van der Waals surface area (Å²) in [5, 5.41) is 17.4. The van der Waals surface area contributed by atoms with E-state index >= 15 is 0 Å². The van der Waals surface area contributed by atoms with E-state index in [1.165, 1.54) is 19.4 Å². The maximum Gasteiger partial charge on any atom is 0.358 e. The van der Waals surface area contributed by atoms with E-state index in [4.69, 9.17) is 5.26 Å². The molecule has 0 saturated heterocycles. The first-order valence-corrected chi connectivity index (χ1v) is 5.59. The number of nitriles is 1. The van der Waals surface area contributed by atoms with Gasteiger partial charge in [0.25, 0.3) is 5.91 Å². The molecule has 7 nitrogen and oxygen atoms in total. The van der Waals surface area contributed by atoms with Gasteiger partial charge in [-0.2, -0.15) is 10.4 Å². The van der Waals surface area contributed by atoms with Crippen molar-refractivity contribution in [2.45, 2.75) is 0 Å². The first-order valence-electron chi connectivity index (χ1n) is 5.59. The summed E-state index contributed by atoms with van der Waals surface area (Å²) in [6.07, 6.45) is 1.30. The molecule has 1 amide bonds. The van der Waals surface area contributed by atoms with Gasteiger partial charge in [-0.1, -0.05) is 6.07 Å². The number of esters is 1. The number of benzene rings is 1. The summed E-state index contributed by atoms with van der Waals surface area (Å²) in [4.78, 5) is 23.5. The van der Waals surface area contributed by atoms with Crippen LogP contribution in [-0.2, 0) is 4.74 Å². The Labute approximate surface area is 114 Å². The fraction of sp³-hybridized carbons (Fsp3) is 0.0769. The van der Waals surface area contributed by atoms with Gasteiger partial charge in [0.05, 0.1) is 30.6 Å². The zero-order valence-corrected chi connectivity index (χ0v) is 10.5. The third-order valence-electron chi connectivity index (χ3n) is 2.53. The topological polar surface area (TPSA) is 108 Å². The first kappa shape index (κ1) is 13.3. The summed E-state index contributed by atoms with van der Waals surface area (Å²) >= 11 is 0. The third kappa shape index (κ3) is 2.64. The van der Waals surface area contributed by atoms with Crippen molar-refractivity contribution in [3.05, 3.63) is 47.3 Å². The molecule has 0 atom stereocenters. The van der Waals surface area contributed by atoms with Crippen molar-refractivity contribution in [2.24, 2.45) is 0 Å². The second kappa shape index (κ2) is 5.67. The zero-order valence-electron chi connectivity index (χ0n) is 10.5. The quantitative estimate of drug-likeness (QED) is 0.818. The van der Waals surface area contributed by atoms with Gasteiger partial charge < -0.3 is 10.1 Å². The van der Waals surface area contributed by atoms with E-state index in [0.717, 1.165) is 0 Å². The molecule has 0 aliphatic rings. The third-order valence-corrected chi connectivity index (χ3v) is 2.53. The number of carbonyl (C=O) groups excluding carboxylic acids is 2. The summed E-state index contributed by atoms with van der Waals surface area (Å²) in [7, 11) is 1.23. The minimum atomic E-state index is -0.636. The maximum absolute atomic E-state index is 12.0. The van der Waals surface area contributed by atoms with Crippen molar-refractivity contribution >= 4 is 17.6 Å². The van der Waals surface area contributed by atoms with Gasteiger partial charge in [0, 0.05) is 5.56 Å². The van der Waals surface area contributed by atoms with Crippen molar-refractivity contribution in [3.8, 4) is 6.07 Å². The van der Waals surface area contributed by atoms with Crippen molar-refractivity contribution in [1.82, 2.24) is 10.2 Å². The molecule has 100 valence electrons. The molecule has 0 aliphatic heterocycles. The van der Waals surface area contributed by atoms with Crippen LogP contribution in [0.2, 0.25) is 0 Å². The minimum absolute atomic E-state index is 0.0530. The van der Waals surface area contributed by atoms with Crippen LogP contribution in [0.15, 0.2) is 30.5 Å². The van der Waals surface area contributed by atoms with Crippen LogP contribution in [-0.4, -0.2) is 29.2 Å². The molecule has 0 fully saturated rings. The number of ether oxygens (including phenoxy) is 1. The van der Waals surface area contributed by atoms with Crippen LogP contribution >= 0.6 is 0 Å². The average molecular weight is 270 g/mol. The van der Waals surface area contributed by atoms with E-state index < -0.39 is 11.9 Å². The number of nitrogens with zero attached hydrogens (tertiary/aromatic N) is 2. The molecule has 1 aromatic carbocycles. The highest BCUT2D eigenvalue weighted by Gasteiger charge is 2.17. The molecular weight excluding hydrogens is 260 g/mol. The predicted molar refractivity (Wildman–Crippen MR) is 69.0 cm³/mol. The lowest BCUT2D eigenvalue weighted by Crippen LogP contribution is -2.14. The summed E-state index contributed by atoms with van der Waals surface area (Å²) in [6.45, 7) is 0. The molecule has 0 aliphatic carbocycles. The lowest BCUT2D eigenvalue weighted by molar-refractivity contribution is 0.0595. The number of amides is 1. The number of rotatable bonds is 3. The second-order valence-electron chi connectivity index (χ2n) is 3.80. The Balaban J connectivity index is 2.22. The van der Waals surface area contributed by atoms with Gasteiger partial charge in [-0.05, 0) is 18.2 Å². The maximum atomic E-state index is 12.0. The number of nitrogens with one attached hydrogen (secondary N) is 2. The fourth-order valence-corrected chi connectivity index (χ4v) is 1.56. The summed E-state index contributed by atoms with van der Waals surface area (Å²) in [5.74, 6) is -1.09. The monoisotopic (exact) mass is 270 g/mol. The van der Waals surface area contributed by atoms with Gasteiger partial charge in [-0.15, -0.1) is 0 Å². The Hall–Kier alpha value is -3.14. The highest BCUT2D eigenvalue weighted by Crippen LogP contribution is 2.14. The fourth-order valence-electron chi connectivity index (χ4n) is 1.56. The van der Waals surface area contributed by atoms with E-state index in [2.05, 4.69) is 20.3 Å². The van der Waals surface area contributed by atoms with Crippen LogP contribution in [0.25, 0.3) is 0 Å². The SMILES string of the molecule is COC(=O)c1[nH]ncc1NC(=O)c1cccc(C#N)c1. The van der Waals surface area contributed by atoms with Gasteiger partial charge in [-0.3, -0.25) is 9.89 Å². The molecule has 0 spiro atoms. The Morgan fingerprint density at radius 2 is 2.25 bits per heavy atom. The van der Waals surface area contributed by atoms with Gasteiger partial charge in [-0.25, -0.2) is 4.79 Å². The molecule has 7 heteroatoms. The zero-order chi connectivity index (χ0) is 14.5. The van der Waals surface area contributed by atoms with Crippen molar-refractivity contribution in [3.63, 3.8) is 0 Å². The smallest absolute Gasteiger partial charge is 0.358 e. The summed E-state index contributed by atoms with van der Waals surface area (Å²) < 4.78 is 4.55. The van der Waals surface area contributed by atoms with Crippen LogP contribution in [0.4, 0.5) is 5.69 Å². The molecule has 0 saturated carbocycles. The van der Waals surface area contributed by atoms with E-state index in [9.17, 15) is 9.59 Å². The number of carbonyl (C=O) groups is 2. The molecule has 0 radical (unpaired) electrons. The average Bonchev–Trinajstić information content (AvgIpc) is 2.94. The van der Waals surface area contributed by atoms with Crippen molar-refractivity contribution in [1.29, 1.82) is 5.26 Å².